The second-order valence-electron chi connectivity index (χ2n) is 4.44. The van der Waals surface area contributed by atoms with E-state index in [4.69, 9.17) is 11.6 Å². The van der Waals surface area contributed by atoms with E-state index in [-0.39, 0.29) is 11.1 Å². The fraction of sp³-hybridized carbons (Fsp3) is 0.200. The summed E-state index contributed by atoms with van der Waals surface area (Å²) in [5.41, 5.74) is 0.0416. The zero-order valence-corrected chi connectivity index (χ0v) is 11.1. The van der Waals surface area contributed by atoms with E-state index in [0.29, 0.717) is 5.02 Å². The summed E-state index contributed by atoms with van der Waals surface area (Å²) in [6.45, 7) is 0. The van der Waals surface area contributed by atoms with Crippen molar-refractivity contribution in [1.29, 1.82) is 0 Å². The number of hydrogen-bond acceptors (Lipinski definition) is 2. The van der Waals surface area contributed by atoms with E-state index in [1.165, 1.54) is 36.4 Å². The zero-order valence-electron chi connectivity index (χ0n) is 10.4. The molecule has 0 aliphatic heterocycles. The first-order valence-electron chi connectivity index (χ1n) is 5.97. The predicted octanol–water partition coefficient (Wildman–Crippen LogP) is 3.74. The van der Waals surface area contributed by atoms with Gasteiger partial charge in [-0.25, -0.2) is 8.78 Å². The maximum absolute atomic E-state index is 14.1. The number of rotatable bonds is 4. The topological polar surface area (TPSA) is 40.5 Å². The number of hydrogen-bond donors (Lipinski definition) is 2. The predicted molar refractivity (Wildman–Crippen MR) is 72.8 cm³/mol. The Bertz CT molecular complexity index is 558. The lowest BCUT2D eigenvalue weighted by Crippen LogP contribution is -2.33. The van der Waals surface area contributed by atoms with Gasteiger partial charge in [0.2, 0.25) is 0 Å². The average molecular weight is 299 g/mol. The second-order valence-corrected chi connectivity index (χ2v) is 4.88. The first-order valence-corrected chi connectivity index (χ1v) is 6.35. The summed E-state index contributed by atoms with van der Waals surface area (Å²) >= 11 is 5.67. The Labute approximate surface area is 120 Å². The lowest BCUT2D eigenvalue weighted by Gasteiger charge is -2.27. The first kappa shape index (κ1) is 14.9. The monoisotopic (exact) mass is 298 g/mol. The smallest absolute Gasteiger partial charge is 0.306 e. The molecule has 2 nitrogen and oxygen atoms in total. The van der Waals surface area contributed by atoms with Crippen molar-refractivity contribution >= 4 is 11.6 Å². The van der Waals surface area contributed by atoms with Crippen LogP contribution < -0.4 is 0 Å². The molecule has 0 saturated heterocycles. The van der Waals surface area contributed by atoms with Gasteiger partial charge in [0.15, 0.2) is 0 Å². The molecule has 2 aromatic rings. The Hall–Kier alpha value is -1.49. The largest absolute Gasteiger partial charge is 0.382 e. The van der Waals surface area contributed by atoms with Crippen molar-refractivity contribution in [2.75, 3.05) is 0 Å². The molecule has 0 saturated carbocycles. The van der Waals surface area contributed by atoms with Gasteiger partial charge < -0.3 is 10.2 Å². The van der Waals surface area contributed by atoms with Crippen LogP contribution in [0.5, 0.6) is 0 Å². The summed E-state index contributed by atoms with van der Waals surface area (Å²) in [4.78, 5) is 0. The Morgan fingerprint density at radius 3 is 1.75 bits per heavy atom. The Balaban J connectivity index is 2.27. The summed E-state index contributed by atoms with van der Waals surface area (Å²) in [6, 6.07) is 12.9. The van der Waals surface area contributed by atoms with Gasteiger partial charge in [0.25, 0.3) is 0 Å². The van der Waals surface area contributed by atoms with Crippen LogP contribution in [0.15, 0.2) is 54.6 Å². The number of aliphatic hydroxyl groups is 2. The van der Waals surface area contributed by atoms with Crippen molar-refractivity contribution in [3.8, 4) is 0 Å². The molecule has 0 spiro atoms. The highest BCUT2D eigenvalue weighted by Gasteiger charge is 2.47. The van der Waals surface area contributed by atoms with Crippen LogP contribution >= 0.6 is 11.6 Å². The van der Waals surface area contributed by atoms with Gasteiger partial charge in [-0.1, -0.05) is 54.1 Å². The summed E-state index contributed by atoms with van der Waals surface area (Å²) in [7, 11) is 0. The van der Waals surface area contributed by atoms with E-state index < -0.39 is 18.1 Å². The van der Waals surface area contributed by atoms with Crippen LogP contribution in [-0.4, -0.2) is 16.1 Å². The Kier molecular flexibility index (Phi) is 4.38. The fourth-order valence-corrected chi connectivity index (χ4v) is 2.00. The minimum Gasteiger partial charge on any atom is -0.382 e. The van der Waals surface area contributed by atoms with Gasteiger partial charge >= 0.3 is 5.92 Å². The molecule has 0 amide bonds. The van der Waals surface area contributed by atoms with Crippen LogP contribution in [-0.2, 0) is 0 Å². The van der Waals surface area contributed by atoms with E-state index in [0.717, 1.165) is 0 Å². The molecule has 20 heavy (non-hydrogen) atoms. The standard InChI is InChI=1S/C15H13ClF2O2/c16-12-8-6-11(7-9-12)14(20)15(17,18)13(19)10-4-2-1-3-5-10/h1-9,13-14,19-20H. The summed E-state index contributed by atoms with van der Waals surface area (Å²) in [5, 5.41) is 20.0. The molecule has 2 atom stereocenters. The van der Waals surface area contributed by atoms with E-state index >= 15 is 0 Å². The maximum atomic E-state index is 14.1. The third kappa shape index (κ3) is 2.98. The van der Waals surface area contributed by atoms with Gasteiger partial charge in [-0.2, -0.15) is 0 Å². The van der Waals surface area contributed by atoms with Crippen molar-refractivity contribution in [3.05, 3.63) is 70.7 Å². The van der Waals surface area contributed by atoms with Gasteiger partial charge in [-0.3, -0.25) is 0 Å². The van der Waals surface area contributed by atoms with Gasteiger partial charge in [-0.05, 0) is 23.3 Å². The molecule has 2 aromatic carbocycles. The molecule has 0 aliphatic rings. The molecule has 0 bridgehead atoms. The normalized spacial score (nSPS) is 14.8. The van der Waals surface area contributed by atoms with Crippen LogP contribution in [0.1, 0.15) is 23.3 Å². The number of benzene rings is 2. The lowest BCUT2D eigenvalue weighted by molar-refractivity contribution is -0.181. The number of halogens is 3. The molecule has 0 radical (unpaired) electrons. The van der Waals surface area contributed by atoms with Crippen molar-refractivity contribution in [3.63, 3.8) is 0 Å². The lowest BCUT2D eigenvalue weighted by atomic mass is 9.95. The first-order chi connectivity index (χ1) is 9.43. The molecule has 106 valence electrons. The maximum Gasteiger partial charge on any atom is 0.306 e. The zero-order chi connectivity index (χ0) is 14.8. The molecule has 0 aliphatic carbocycles. The molecule has 2 rings (SSSR count). The minimum absolute atomic E-state index is 0.00520. The van der Waals surface area contributed by atoms with Gasteiger partial charge in [0.05, 0.1) is 0 Å². The third-order valence-corrected chi connectivity index (χ3v) is 3.28. The molecule has 2 N–H and O–H groups in total. The van der Waals surface area contributed by atoms with Crippen LogP contribution in [0.3, 0.4) is 0 Å². The van der Waals surface area contributed by atoms with Crippen LogP contribution in [0.25, 0.3) is 0 Å². The highest BCUT2D eigenvalue weighted by molar-refractivity contribution is 6.30. The van der Waals surface area contributed by atoms with Gasteiger partial charge in [0, 0.05) is 5.02 Å². The van der Waals surface area contributed by atoms with Crippen LogP contribution in [0.2, 0.25) is 5.02 Å². The molecular weight excluding hydrogens is 286 g/mol. The Morgan fingerprint density at radius 1 is 0.800 bits per heavy atom. The molecule has 2 unspecified atom stereocenters. The highest BCUT2D eigenvalue weighted by atomic mass is 35.5. The van der Waals surface area contributed by atoms with E-state index in [1.54, 1.807) is 18.2 Å². The van der Waals surface area contributed by atoms with Crippen LogP contribution in [0.4, 0.5) is 8.78 Å². The molecule has 5 heteroatoms. The number of aliphatic hydroxyl groups excluding tert-OH is 2. The van der Waals surface area contributed by atoms with Crippen molar-refractivity contribution in [2.24, 2.45) is 0 Å². The van der Waals surface area contributed by atoms with Crippen LogP contribution in [0, 0.1) is 0 Å². The average Bonchev–Trinajstić information content (AvgIpc) is 2.47. The highest BCUT2D eigenvalue weighted by Crippen LogP contribution is 2.41. The van der Waals surface area contributed by atoms with E-state index in [1.807, 2.05) is 0 Å². The summed E-state index contributed by atoms with van der Waals surface area (Å²) < 4.78 is 28.3. The molecule has 0 aromatic heterocycles. The third-order valence-electron chi connectivity index (χ3n) is 3.03. The molecule has 0 heterocycles. The number of alkyl halides is 2. The van der Waals surface area contributed by atoms with Gasteiger partial charge in [-0.15, -0.1) is 0 Å². The summed E-state index contributed by atoms with van der Waals surface area (Å²) in [6.07, 6.45) is -4.20. The van der Waals surface area contributed by atoms with Gasteiger partial charge in [0.1, 0.15) is 12.2 Å². The SMILES string of the molecule is OC(c1ccccc1)C(F)(F)C(O)c1ccc(Cl)cc1. The van der Waals surface area contributed by atoms with E-state index in [9.17, 15) is 19.0 Å². The van der Waals surface area contributed by atoms with Crippen molar-refractivity contribution in [2.45, 2.75) is 18.1 Å². The summed E-state index contributed by atoms with van der Waals surface area (Å²) in [5.74, 6) is -3.71. The fourth-order valence-electron chi connectivity index (χ4n) is 1.87. The minimum atomic E-state index is -3.71. The quantitative estimate of drug-likeness (QED) is 0.902. The van der Waals surface area contributed by atoms with E-state index in [2.05, 4.69) is 0 Å². The Morgan fingerprint density at radius 2 is 1.25 bits per heavy atom. The second kappa shape index (κ2) is 5.87. The van der Waals surface area contributed by atoms with Crippen molar-refractivity contribution < 1.29 is 19.0 Å². The molecular formula is C15H13ClF2O2. The van der Waals surface area contributed by atoms with Crippen molar-refractivity contribution in [1.82, 2.24) is 0 Å². The molecule has 0 fully saturated rings.